The van der Waals surface area contributed by atoms with Gasteiger partial charge in [0, 0.05) is 0 Å². The van der Waals surface area contributed by atoms with E-state index in [1.165, 1.54) is 0 Å². The summed E-state index contributed by atoms with van der Waals surface area (Å²) in [7, 11) is 0. The third-order valence-corrected chi connectivity index (χ3v) is 2.46. The Labute approximate surface area is 91.3 Å². The molecule has 0 radical (unpaired) electrons. The van der Waals surface area contributed by atoms with E-state index in [1.807, 2.05) is 0 Å². The second-order valence-electron chi connectivity index (χ2n) is 4.02. The minimum absolute atomic E-state index is 0.0314. The lowest BCUT2D eigenvalue weighted by Crippen LogP contribution is -2.15. The van der Waals surface area contributed by atoms with Crippen LogP contribution < -0.4 is 5.73 Å². The van der Waals surface area contributed by atoms with Crippen LogP contribution in [-0.4, -0.2) is 0 Å². The minimum atomic E-state index is -4.56. The molecule has 1 aromatic rings. The van der Waals surface area contributed by atoms with Gasteiger partial charge in [-0.15, -0.1) is 0 Å². The third-order valence-electron chi connectivity index (χ3n) is 2.46. The highest BCUT2D eigenvalue weighted by Gasteiger charge is 2.37. The maximum Gasteiger partial charge on any atom is 0.417 e. The van der Waals surface area contributed by atoms with Crippen molar-refractivity contribution in [3.05, 3.63) is 28.6 Å². The first kappa shape index (κ1) is 12.8. The lowest BCUT2D eigenvalue weighted by molar-refractivity contribution is -0.139. The molecular weight excluding hydrogens is 222 g/mol. The Morgan fingerprint density at radius 3 is 2.12 bits per heavy atom. The Morgan fingerprint density at radius 2 is 1.75 bits per heavy atom. The predicted molar refractivity (Wildman–Crippen MR) is 54.6 cm³/mol. The number of nitrogen functional groups attached to an aromatic ring is 1. The minimum Gasteiger partial charge on any atom is -0.396 e. The van der Waals surface area contributed by atoms with Crippen molar-refractivity contribution in [3.8, 4) is 0 Å². The summed E-state index contributed by atoms with van der Waals surface area (Å²) in [6.07, 6.45) is -4.56. The van der Waals surface area contributed by atoms with Gasteiger partial charge in [-0.3, -0.25) is 0 Å². The SMILES string of the molecule is Cc1c(F)c(N)cc(C(C)C)c1C(F)(F)F. The Balaban J connectivity index is 3.62. The van der Waals surface area contributed by atoms with E-state index in [1.54, 1.807) is 13.8 Å². The highest BCUT2D eigenvalue weighted by molar-refractivity contribution is 5.52. The van der Waals surface area contributed by atoms with E-state index >= 15 is 0 Å². The quantitative estimate of drug-likeness (QED) is 0.580. The van der Waals surface area contributed by atoms with E-state index in [-0.39, 0.29) is 17.2 Å². The fourth-order valence-corrected chi connectivity index (χ4v) is 1.68. The van der Waals surface area contributed by atoms with E-state index < -0.39 is 23.1 Å². The molecule has 5 heteroatoms. The van der Waals surface area contributed by atoms with Crippen molar-refractivity contribution in [2.75, 3.05) is 5.73 Å². The number of nitrogens with two attached hydrogens (primary N) is 1. The third kappa shape index (κ3) is 2.13. The normalized spacial score (nSPS) is 12.2. The average molecular weight is 235 g/mol. The van der Waals surface area contributed by atoms with Crippen molar-refractivity contribution in [1.82, 2.24) is 0 Å². The maximum atomic E-state index is 13.3. The van der Waals surface area contributed by atoms with Gasteiger partial charge in [0.1, 0.15) is 5.82 Å². The molecule has 0 spiro atoms. The van der Waals surface area contributed by atoms with Gasteiger partial charge in [-0.1, -0.05) is 13.8 Å². The van der Waals surface area contributed by atoms with Gasteiger partial charge >= 0.3 is 6.18 Å². The Hall–Kier alpha value is -1.26. The summed E-state index contributed by atoms with van der Waals surface area (Å²) in [4.78, 5) is 0. The molecule has 2 N–H and O–H groups in total. The number of hydrogen-bond donors (Lipinski definition) is 1. The van der Waals surface area contributed by atoms with Crippen LogP contribution in [0.4, 0.5) is 23.2 Å². The zero-order valence-electron chi connectivity index (χ0n) is 9.24. The highest BCUT2D eigenvalue weighted by atomic mass is 19.4. The van der Waals surface area contributed by atoms with Crippen molar-refractivity contribution < 1.29 is 17.6 Å². The van der Waals surface area contributed by atoms with Crippen molar-refractivity contribution >= 4 is 5.69 Å². The second kappa shape index (κ2) is 3.96. The van der Waals surface area contributed by atoms with Crippen molar-refractivity contribution in [3.63, 3.8) is 0 Å². The predicted octanol–water partition coefficient (Wildman–Crippen LogP) is 3.86. The van der Waals surface area contributed by atoms with E-state index in [0.29, 0.717) is 0 Å². The standard InChI is InChI=1S/C11H13F4N/c1-5(2)7-4-8(16)10(12)6(3)9(7)11(13,14)15/h4-5H,16H2,1-3H3. The molecule has 0 saturated heterocycles. The van der Waals surface area contributed by atoms with Crippen LogP contribution in [0.2, 0.25) is 0 Å². The molecule has 0 heterocycles. The largest absolute Gasteiger partial charge is 0.417 e. The topological polar surface area (TPSA) is 26.0 Å². The molecular formula is C11H13F4N. The van der Waals surface area contributed by atoms with Gasteiger partial charge in [-0.25, -0.2) is 4.39 Å². The van der Waals surface area contributed by atoms with Gasteiger partial charge in [0.05, 0.1) is 11.3 Å². The molecule has 0 aromatic heterocycles. The Bertz CT molecular complexity index is 407. The zero-order chi connectivity index (χ0) is 12.7. The number of alkyl halides is 3. The molecule has 90 valence electrons. The Kier molecular flexibility index (Phi) is 3.17. The van der Waals surface area contributed by atoms with E-state index in [4.69, 9.17) is 5.73 Å². The maximum absolute atomic E-state index is 13.3. The molecule has 1 aromatic carbocycles. The first-order chi connectivity index (χ1) is 7.16. The van der Waals surface area contributed by atoms with Crippen LogP contribution in [0, 0.1) is 12.7 Å². The smallest absolute Gasteiger partial charge is 0.396 e. The first-order valence-corrected chi connectivity index (χ1v) is 4.82. The van der Waals surface area contributed by atoms with Crippen molar-refractivity contribution in [2.45, 2.75) is 32.9 Å². The monoisotopic (exact) mass is 235 g/mol. The number of anilines is 1. The zero-order valence-corrected chi connectivity index (χ0v) is 9.24. The van der Waals surface area contributed by atoms with Crippen LogP contribution in [0.3, 0.4) is 0 Å². The summed E-state index contributed by atoms with van der Waals surface area (Å²) < 4.78 is 51.7. The highest BCUT2D eigenvalue weighted by Crippen LogP contribution is 2.39. The fourth-order valence-electron chi connectivity index (χ4n) is 1.68. The molecule has 0 atom stereocenters. The summed E-state index contributed by atoms with van der Waals surface area (Å²) in [5.41, 5.74) is 3.78. The molecule has 0 bridgehead atoms. The number of halogens is 4. The van der Waals surface area contributed by atoms with E-state index in [9.17, 15) is 17.6 Å². The van der Waals surface area contributed by atoms with Gasteiger partial charge < -0.3 is 5.73 Å². The van der Waals surface area contributed by atoms with Crippen LogP contribution in [-0.2, 0) is 6.18 Å². The number of rotatable bonds is 1. The second-order valence-corrected chi connectivity index (χ2v) is 4.02. The lowest BCUT2D eigenvalue weighted by Gasteiger charge is -2.19. The summed E-state index contributed by atoms with van der Waals surface area (Å²) in [6.45, 7) is 4.32. The summed E-state index contributed by atoms with van der Waals surface area (Å²) in [6, 6.07) is 1.07. The van der Waals surface area contributed by atoms with Crippen LogP contribution in [0.1, 0.15) is 36.5 Å². The average Bonchev–Trinajstić information content (AvgIpc) is 2.10. The molecule has 16 heavy (non-hydrogen) atoms. The summed E-state index contributed by atoms with van der Waals surface area (Å²) >= 11 is 0. The van der Waals surface area contributed by atoms with Crippen molar-refractivity contribution in [2.24, 2.45) is 0 Å². The van der Waals surface area contributed by atoms with Gasteiger partial charge in [-0.05, 0) is 30.0 Å². The molecule has 0 aliphatic heterocycles. The van der Waals surface area contributed by atoms with Gasteiger partial charge in [0.2, 0.25) is 0 Å². The first-order valence-electron chi connectivity index (χ1n) is 4.82. The lowest BCUT2D eigenvalue weighted by atomic mass is 9.92. The van der Waals surface area contributed by atoms with Gasteiger partial charge in [0.15, 0.2) is 0 Å². The number of hydrogen-bond acceptors (Lipinski definition) is 1. The van der Waals surface area contributed by atoms with Crippen LogP contribution in [0.5, 0.6) is 0 Å². The Morgan fingerprint density at radius 1 is 1.25 bits per heavy atom. The molecule has 0 amide bonds. The van der Waals surface area contributed by atoms with Crippen molar-refractivity contribution in [1.29, 1.82) is 0 Å². The van der Waals surface area contributed by atoms with Crippen LogP contribution >= 0.6 is 0 Å². The van der Waals surface area contributed by atoms with E-state index in [0.717, 1.165) is 13.0 Å². The molecule has 1 rings (SSSR count). The molecule has 1 nitrogen and oxygen atoms in total. The van der Waals surface area contributed by atoms with Gasteiger partial charge in [0.25, 0.3) is 0 Å². The van der Waals surface area contributed by atoms with E-state index in [2.05, 4.69) is 0 Å². The van der Waals surface area contributed by atoms with Gasteiger partial charge in [-0.2, -0.15) is 13.2 Å². The molecule has 0 unspecified atom stereocenters. The summed E-state index contributed by atoms with van der Waals surface area (Å²) in [5, 5.41) is 0. The molecule has 0 fully saturated rings. The van der Waals surface area contributed by atoms with Crippen LogP contribution in [0.25, 0.3) is 0 Å². The molecule has 0 saturated carbocycles. The van der Waals surface area contributed by atoms with Crippen LogP contribution in [0.15, 0.2) is 6.07 Å². The number of benzene rings is 1. The molecule has 0 aliphatic rings. The summed E-state index contributed by atoms with van der Waals surface area (Å²) in [5.74, 6) is -1.35. The fraction of sp³-hybridized carbons (Fsp3) is 0.455. The molecule has 0 aliphatic carbocycles.